The van der Waals surface area contributed by atoms with Crippen LogP contribution in [0.2, 0.25) is 0 Å². The van der Waals surface area contributed by atoms with Gasteiger partial charge in [-0.25, -0.2) is 0 Å². The molecule has 0 spiro atoms. The number of rotatable bonds is 5. The first-order chi connectivity index (χ1) is 4.56. The zero-order valence-corrected chi connectivity index (χ0v) is 6.34. The van der Waals surface area contributed by atoms with E-state index in [-0.39, 0.29) is 0 Å². The summed E-state index contributed by atoms with van der Waals surface area (Å²) in [5.74, 6) is -0.985. The van der Waals surface area contributed by atoms with Crippen molar-refractivity contribution in [2.45, 2.75) is 31.5 Å². The summed E-state index contributed by atoms with van der Waals surface area (Å²) in [5.41, 5.74) is 16.0. The average molecular weight is 143 g/mol. The van der Waals surface area contributed by atoms with Crippen molar-refractivity contribution in [1.82, 2.24) is 0 Å². The van der Waals surface area contributed by atoms with Crippen LogP contribution < -0.4 is 17.2 Å². The summed E-state index contributed by atoms with van der Waals surface area (Å²) in [6.45, 7) is 3.60. The standard InChI is InChI=1S/C7H17N3/c1-2-3-4-5-6-7(8,9)10/h2H,1,3-6,8-10H2. The van der Waals surface area contributed by atoms with Gasteiger partial charge < -0.3 is 17.2 Å². The third-order valence-corrected chi connectivity index (χ3v) is 1.27. The Morgan fingerprint density at radius 3 is 2.20 bits per heavy atom. The Balaban J connectivity index is 3.12. The topological polar surface area (TPSA) is 78.1 Å². The Morgan fingerprint density at radius 1 is 1.20 bits per heavy atom. The smallest absolute Gasteiger partial charge is 0.115 e. The number of nitrogens with two attached hydrogens (primary N) is 3. The van der Waals surface area contributed by atoms with Crippen LogP contribution in [0.5, 0.6) is 0 Å². The molecule has 0 bridgehead atoms. The molecule has 0 aliphatic rings. The van der Waals surface area contributed by atoms with Crippen LogP contribution in [0.15, 0.2) is 12.7 Å². The molecule has 0 amide bonds. The zero-order valence-electron chi connectivity index (χ0n) is 6.34. The van der Waals surface area contributed by atoms with Crippen molar-refractivity contribution in [3.63, 3.8) is 0 Å². The van der Waals surface area contributed by atoms with Gasteiger partial charge in [-0.1, -0.05) is 6.08 Å². The van der Waals surface area contributed by atoms with Gasteiger partial charge in [0.15, 0.2) is 0 Å². The largest absolute Gasteiger partial charge is 0.301 e. The first kappa shape index (κ1) is 9.62. The summed E-state index contributed by atoms with van der Waals surface area (Å²) in [6, 6.07) is 0. The van der Waals surface area contributed by atoms with Crippen LogP contribution >= 0.6 is 0 Å². The summed E-state index contributed by atoms with van der Waals surface area (Å²) in [6.07, 6.45) is 5.59. The van der Waals surface area contributed by atoms with Crippen molar-refractivity contribution >= 4 is 0 Å². The van der Waals surface area contributed by atoms with Crippen LogP contribution in [-0.4, -0.2) is 5.79 Å². The minimum absolute atomic E-state index is 0.668. The van der Waals surface area contributed by atoms with E-state index in [1.807, 2.05) is 6.08 Å². The maximum Gasteiger partial charge on any atom is 0.115 e. The lowest BCUT2D eigenvalue weighted by Gasteiger charge is -2.17. The Labute approximate surface area is 62.3 Å². The van der Waals surface area contributed by atoms with E-state index >= 15 is 0 Å². The van der Waals surface area contributed by atoms with Crippen LogP contribution in [0.25, 0.3) is 0 Å². The van der Waals surface area contributed by atoms with Gasteiger partial charge in [-0.3, -0.25) is 0 Å². The molecule has 6 N–H and O–H groups in total. The Morgan fingerprint density at radius 2 is 1.80 bits per heavy atom. The highest BCUT2D eigenvalue weighted by Gasteiger charge is 2.09. The molecule has 3 heteroatoms. The average Bonchev–Trinajstić information content (AvgIpc) is 1.78. The first-order valence-electron chi connectivity index (χ1n) is 3.54. The SMILES string of the molecule is C=CCCCCC(N)(N)N. The number of unbranched alkanes of at least 4 members (excludes halogenated alkanes) is 2. The van der Waals surface area contributed by atoms with E-state index in [1.165, 1.54) is 0 Å². The molecule has 10 heavy (non-hydrogen) atoms. The number of allylic oxidation sites excluding steroid dienone is 1. The van der Waals surface area contributed by atoms with Gasteiger partial charge >= 0.3 is 0 Å². The van der Waals surface area contributed by atoms with Gasteiger partial charge in [0.1, 0.15) is 5.79 Å². The molecule has 0 unspecified atom stereocenters. The van der Waals surface area contributed by atoms with Crippen LogP contribution in [0, 0.1) is 0 Å². The molecule has 0 radical (unpaired) electrons. The van der Waals surface area contributed by atoms with Gasteiger partial charge in [0.2, 0.25) is 0 Å². The van der Waals surface area contributed by atoms with Gasteiger partial charge in [-0.2, -0.15) is 0 Å². The molecule has 0 heterocycles. The van der Waals surface area contributed by atoms with Gasteiger partial charge in [0, 0.05) is 0 Å². The highest BCUT2D eigenvalue weighted by molar-refractivity contribution is 4.70. The molecule has 60 valence electrons. The normalized spacial score (nSPS) is 11.5. The summed E-state index contributed by atoms with van der Waals surface area (Å²) in [4.78, 5) is 0. The van der Waals surface area contributed by atoms with Crippen molar-refractivity contribution in [1.29, 1.82) is 0 Å². The molecule has 0 aliphatic carbocycles. The van der Waals surface area contributed by atoms with E-state index in [0.29, 0.717) is 6.42 Å². The lowest BCUT2D eigenvalue weighted by atomic mass is 10.1. The highest BCUT2D eigenvalue weighted by Crippen LogP contribution is 2.02. The first-order valence-corrected chi connectivity index (χ1v) is 3.54. The van der Waals surface area contributed by atoms with E-state index in [9.17, 15) is 0 Å². The van der Waals surface area contributed by atoms with Crippen LogP contribution in [0.4, 0.5) is 0 Å². The fraction of sp³-hybridized carbons (Fsp3) is 0.714. The second-order valence-corrected chi connectivity index (χ2v) is 2.65. The second-order valence-electron chi connectivity index (χ2n) is 2.65. The molecular weight excluding hydrogens is 126 g/mol. The van der Waals surface area contributed by atoms with Crippen LogP contribution in [-0.2, 0) is 0 Å². The fourth-order valence-electron chi connectivity index (χ4n) is 0.720. The molecule has 0 rings (SSSR count). The molecule has 0 aromatic heterocycles. The Hall–Kier alpha value is -0.380. The summed E-state index contributed by atoms with van der Waals surface area (Å²) in [5, 5.41) is 0. The van der Waals surface area contributed by atoms with Gasteiger partial charge in [-0.15, -0.1) is 6.58 Å². The van der Waals surface area contributed by atoms with Gasteiger partial charge in [0.25, 0.3) is 0 Å². The molecule has 0 atom stereocenters. The predicted octanol–water partition coefficient (Wildman–Crippen LogP) is 0.263. The third kappa shape index (κ3) is 7.62. The van der Waals surface area contributed by atoms with Gasteiger partial charge in [0.05, 0.1) is 0 Å². The second kappa shape index (κ2) is 4.44. The van der Waals surface area contributed by atoms with Crippen LogP contribution in [0.1, 0.15) is 25.7 Å². The van der Waals surface area contributed by atoms with E-state index in [0.717, 1.165) is 19.3 Å². The Bertz CT molecular complexity index is 93.5. The van der Waals surface area contributed by atoms with E-state index < -0.39 is 5.79 Å². The molecule has 0 fully saturated rings. The molecule has 0 saturated heterocycles. The molecule has 3 nitrogen and oxygen atoms in total. The maximum atomic E-state index is 5.35. The van der Waals surface area contributed by atoms with Crippen molar-refractivity contribution in [2.75, 3.05) is 0 Å². The van der Waals surface area contributed by atoms with E-state index in [1.54, 1.807) is 0 Å². The molecule has 0 aromatic rings. The van der Waals surface area contributed by atoms with Crippen molar-refractivity contribution in [3.8, 4) is 0 Å². The van der Waals surface area contributed by atoms with Crippen molar-refractivity contribution < 1.29 is 0 Å². The van der Waals surface area contributed by atoms with E-state index in [2.05, 4.69) is 6.58 Å². The van der Waals surface area contributed by atoms with Crippen molar-refractivity contribution in [3.05, 3.63) is 12.7 Å². The fourth-order valence-corrected chi connectivity index (χ4v) is 0.720. The molecule has 0 saturated carbocycles. The van der Waals surface area contributed by atoms with Crippen molar-refractivity contribution in [2.24, 2.45) is 17.2 Å². The molecular formula is C7H17N3. The summed E-state index contributed by atoms with van der Waals surface area (Å²) < 4.78 is 0. The summed E-state index contributed by atoms with van der Waals surface area (Å²) in [7, 11) is 0. The summed E-state index contributed by atoms with van der Waals surface area (Å²) >= 11 is 0. The molecule has 0 aromatic carbocycles. The minimum atomic E-state index is -0.985. The molecule has 0 aliphatic heterocycles. The number of hydrogen-bond donors (Lipinski definition) is 3. The monoisotopic (exact) mass is 143 g/mol. The minimum Gasteiger partial charge on any atom is -0.301 e. The van der Waals surface area contributed by atoms with Gasteiger partial charge in [-0.05, 0) is 25.7 Å². The Kier molecular flexibility index (Phi) is 4.27. The van der Waals surface area contributed by atoms with E-state index in [4.69, 9.17) is 17.2 Å². The highest BCUT2D eigenvalue weighted by atomic mass is 15.1. The zero-order chi connectivity index (χ0) is 8.04. The van der Waals surface area contributed by atoms with Crippen LogP contribution in [0.3, 0.4) is 0 Å². The maximum absolute atomic E-state index is 5.35. The lowest BCUT2D eigenvalue weighted by Crippen LogP contribution is -2.57. The predicted molar refractivity (Wildman–Crippen MR) is 44.0 cm³/mol. The number of hydrogen-bond acceptors (Lipinski definition) is 3. The third-order valence-electron chi connectivity index (χ3n) is 1.27. The quantitative estimate of drug-likeness (QED) is 0.293. The lowest BCUT2D eigenvalue weighted by molar-refractivity contribution is 0.406.